The molecule has 0 aliphatic carbocycles. The zero-order valence-corrected chi connectivity index (χ0v) is 19.4. The van der Waals surface area contributed by atoms with Crippen molar-refractivity contribution in [1.82, 2.24) is 9.21 Å². The Hall–Kier alpha value is -2.46. The molecule has 0 saturated carbocycles. The molecule has 2 aromatic rings. The van der Waals surface area contributed by atoms with Crippen LogP contribution in [0.2, 0.25) is 0 Å². The van der Waals surface area contributed by atoms with E-state index in [0.717, 1.165) is 37.4 Å². The van der Waals surface area contributed by atoms with E-state index in [2.05, 4.69) is 22.2 Å². The zero-order valence-electron chi connectivity index (χ0n) is 18.6. The van der Waals surface area contributed by atoms with E-state index in [1.807, 2.05) is 31.2 Å². The Morgan fingerprint density at radius 1 is 0.969 bits per heavy atom. The molecule has 0 bridgehead atoms. The number of nitrogens with zero attached hydrogens (tertiary/aromatic N) is 3. The highest BCUT2D eigenvalue weighted by molar-refractivity contribution is 7.89. The molecular formula is C23H30N4O4S. The number of benzene rings is 2. The summed E-state index contributed by atoms with van der Waals surface area (Å²) in [4.78, 5) is 17.6. The predicted molar refractivity (Wildman–Crippen MR) is 125 cm³/mol. The van der Waals surface area contributed by atoms with Gasteiger partial charge in [0.25, 0.3) is 5.91 Å². The molecule has 0 unspecified atom stereocenters. The molecule has 4 rings (SSSR count). The number of carbonyl (C=O) groups is 1. The van der Waals surface area contributed by atoms with Gasteiger partial charge in [0.1, 0.15) is 0 Å². The number of morpholine rings is 1. The fourth-order valence-corrected chi connectivity index (χ4v) is 5.45. The maximum atomic E-state index is 13.2. The van der Waals surface area contributed by atoms with Gasteiger partial charge >= 0.3 is 0 Å². The molecule has 2 aliphatic rings. The Labute approximate surface area is 189 Å². The third-order valence-electron chi connectivity index (χ3n) is 5.95. The predicted octanol–water partition coefficient (Wildman–Crippen LogP) is 2.02. The maximum Gasteiger partial charge on any atom is 0.255 e. The number of aryl methyl sites for hydroxylation is 1. The minimum atomic E-state index is -3.67. The summed E-state index contributed by atoms with van der Waals surface area (Å²) < 4.78 is 33.2. The van der Waals surface area contributed by atoms with E-state index in [-0.39, 0.29) is 10.8 Å². The van der Waals surface area contributed by atoms with Crippen molar-refractivity contribution in [2.45, 2.75) is 11.8 Å². The number of carbonyl (C=O) groups excluding carboxylic acids is 1. The summed E-state index contributed by atoms with van der Waals surface area (Å²) >= 11 is 0. The van der Waals surface area contributed by atoms with E-state index >= 15 is 0 Å². The second kappa shape index (κ2) is 9.58. The molecule has 0 aromatic heterocycles. The number of piperazine rings is 1. The number of amides is 1. The molecule has 2 heterocycles. The van der Waals surface area contributed by atoms with Crippen molar-refractivity contribution in [2.75, 3.05) is 69.7 Å². The van der Waals surface area contributed by atoms with E-state index in [0.29, 0.717) is 37.6 Å². The molecule has 2 aromatic carbocycles. The molecule has 1 amide bonds. The topological polar surface area (TPSA) is 82.2 Å². The average molecular weight is 459 g/mol. The SMILES string of the molecule is Cc1cccc(C(=O)Nc2cc(S(=O)(=O)N3CCOCC3)ccc2N2CCN(C)CC2)c1. The van der Waals surface area contributed by atoms with Crippen molar-refractivity contribution >= 4 is 27.3 Å². The fraction of sp³-hybridized carbons (Fsp3) is 0.435. The first-order chi connectivity index (χ1) is 15.3. The molecule has 2 aliphatic heterocycles. The second-order valence-corrected chi connectivity index (χ2v) is 10.2. The summed E-state index contributed by atoms with van der Waals surface area (Å²) in [7, 11) is -1.59. The summed E-state index contributed by atoms with van der Waals surface area (Å²) in [5.41, 5.74) is 2.87. The highest BCUT2D eigenvalue weighted by Gasteiger charge is 2.28. The number of sulfonamides is 1. The van der Waals surface area contributed by atoms with Crippen LogP contribution < -0.4 is 10.2 Å². The first-order valence-corrected chi connectivity index (χ1v) is 12.3. The quantitative estimate of drug-likeness (QED) is 0.738. The number of hydrogen-bond donors (Lipinski definition) is 1. The van der Waals surface area contributed by atoms with E-state index in [1.165, 1.54) is 4.31 Å². The molecule has 32 heavy (non-hydrogen) atoms. The van der Waals surface area contributed by atoms with Gasteiger partial charge in [-0.1, -0.05) is 17.7 Å². The number of hydrogen-bond acceptors (Lipinski definition) is 6. The molecule has 0 spiro atoms. The van der Waals surface area contributed by atoms with Crippen molar-refractivity contribution in [3.05, 3.63) is 53.6 Å². The van der Waals surface area contributed by atoms with Crippen molar-refractivity contribution in [3.63, 3.8) is 0 Å². The number of nitrogens with one attached hydrogen (secondary N) is 1. The maximum absolute atomic E-state index is 13.2. The summed E-state index contributed by atoms with van der Waals surface area (Å²) in [5, 5.41) is 2.98. The van der Waals surface area contributed by atoms with Crippen LogP contribution in [0.1, 0.15) is 15.9 Å². The molecule has 172 valence electrons. The molecule has 8 nitrogen and oxygen atoms in total. The first-order valence-electron chi connectivity index (χ1n) is 10.9. The third kappa shape index (κ3) is 4.96. The van der Waals surface area contributed by atoms with Crippen LogP contribution in [0.15, 0.2) is 47.4 Å². The minimum Gasteiger partial charge on any atom is -0.379 e. The second-order valence-electron chi connectivity index (χ2n) is 8.31. The molecule has 0 radical (unpaired) electrons. The van der Waals surface area contributed by atoms with Crippen LogP contribution in [0.25, 0.3) is 0 Å². The number of likely N-dealkylation sites (N-methyl/N-ethyl adjacent to an activating group) is 1. The molecule has 0 atom stereocenters. The van der Waals surface area contributed by atoms with Crippen LogP contribution in [0.3, 0.4) is 0 Å². The van der Waals surface area contributed by atoms with Crippen LogP contribution >= 0.6 is 0 Å². The Morgan fingerprint density at radius 3 is 2.38 bits per heavy atom. The normalized spacial score (nSPS) is 18.5. The van der Waals surface area contributed by atoms with Crippen molar-refractivity contribution < 1.29 is 17.9 Å². The Morgan fingerprint density at radius 2 is 1.69 bits per heavy atom. The third-order valence-corrected chi connectivity index (χ3v) is 7.84. The lowest BCUT2D eigenvalue weighted by Gasteiger charge is -2.35. The van der Waals surface area contributed by atoms with Gasteiger partial charge in [-0.2, -0.15) is 4.31 Å². The summed E-state index contributed by atoms with van der Waals surface area (Å²) in [6.45, 7) is 6.77. The monoisotopic (exact) mass is 458 g/mol. The molecule has 2 saturated heterocycles. The minimum absolute atomic E-state index is 0.178. The van der Waals surface area contributed by atoms with E-state index < -0.39 is 10.0 Å². The van der Waals surface area contributed by atoms with Gasteiger partial charge in [0, 0.05) is 44.8 Å². The van der Waals surface area contributed by atoms with Gasteiger partial charge < -0.3 is 19.9 Å². The average Bonchev–Trinajstić information content (AvgIpc) is 2.80. The van der Waals surface area contributed by atoms with Crippen molar-refractivity contribution in [3.8, 4) is 0 Å². The summed E-state index contributed by atoms with van der Waals surface area (Å²) in [6.07, 6.45) is 0. The number of anilines is 2. The Kier molecular flexibility index (Phi) is 6.80. The standard InChI is InChI=1S/C23H30N4O4S/c1-18-4-3-5-19(16-18)23(28)24-21-17-20(32(29,30)27-12-14-31-15-13-27)6-7-22(21)26-10-8-25(2)9-11-26/h3-7,16-17H,8-15H2,1-2H3,(H,24,28). The van der Waals surface area contributed by atoms with E-state index in [1.54, 1.807) is 18.2 Å². The lowest BCUT2D eigenvalue weighted by molar-refractivity contribution is 0.0730. The molecule has 1 N–H and O–H groups in total. The van der Waals surface area contributed by atoms with Crippen LogP contribution in [0, 0.1) is 6.92 Å². The lowest BCUT2D eigenvalue weighted by atomic mass is 10.1. The lowest BCUT2D eigenvalue weighted by Crippen LogP contribution is -2.44. The van der Waals surface area contributed by atoms with E-state index in [4.69, 9.17) is 4.74 Å². The molecule has 9 heteroatoms. The number of rotatable bonds is 5. The van der Waals surface area contributed by atoms with E-state index in [9.17, 15) is 13.2 Å². The molecule has 2 fully saturated rings. The fourth-order valence-electron chi connectivity index (χ4n) is 4.02. The van der Waals surface area contributed by atoms with Gasteiger partial charge in [-0.15, -0.1) is 0 Å². The van der Waals surface area contributed by atoms with Gasteiger partial charge in [-0.3, -0.25) is 4.79 Å². The van der Waals surface area contributed by atoms with Crippen molar-refractivity contribution in [1.29, 1.82) is 0 Å². The van der Waals surface area contributed by atoms with Gasteiger partial charge in [0.15, 0.2) is 0 Å². The largest absolute Gasteiger partial charge is 0.379 e. The zero-order chi connectivity index (χ0) is 22.7. The summed E-state index contributed by atoms with van der Waals surface area (Å²) in [6, 6.07) is 12.4. The van der Waals surface area contributed by atoms with Crippen LogP contribution in [0.5, 0.6) is 0 Å². The van der Waals surface area contributed by atoms with Crippen LogP contribution in [-0.2, 0) is 14.8 Å². The van der Waals surface area contributed by atoms with Gasteiger partial charge in [0.2, 0.25) is 10.0 Å². The smallest absolute Gasteiger partial charge is 0.255 e. The van der Waals surface area contributed by atoms with Crippen molar-refractivity contribution in [2.24, 2.45) is 0 Å². The van der Waals surface area contributed by atoms with Gasteiger partial charge in [0.05, 0.1) is 29.5 Å². The molecular weight excluding hydrogens is 428 g/mol. The Bertz CT molecular complexity index is 1080. The van der Waals surface area contributed by atoms with Gasteiger partial charge in [-0.25, -0.2) is 8.42 Å². The number of ether oxygens (including phenoxy) is 1. The van der Waals surface area contributed by atoms with Gasteiger partial charge in [-0.05, 0) is 44.3 Å². The van der Waals surface area contributed by atoms with Crippen LogP contribution in [-0.4, -0.2) is 83.1 Å². The highest BCUT2D eigenvalue weighted by Crippen LogP contribution is 2.31. The summed E-state index contributed by atoms with van der Waals surface area (Å²) in [5.74, 6) is -0.259. The first kappa shape index (κ1) is 22.7. The van der Waals surface area contributed by atoms with Crippen LogP contribution in [0.4, 0.5) is 11.4 Å². The Balaban J connectivity index is 1.68. The highest BCUT2D eigenvalue weighted by atomic mass is 32.2.